The molecule has 2 atom stereocenters. The molecule has 1 aliphatic heterocycles. The van der Waals surface area contributed by atoms with Gasteiger partial charge in [0, 0.05) is 25.6 Å². The van der Waals surface area contributed by atoms with E-state index in [-0.39, 0.29) is 11.7 Å². The molecule has 2 heterocycles. The fraction of sp³-hybridized carbons (Fsp3) is 0.556. The van der Waals surface area contributed by atoms with Gasteiger partial charge >= 0.3 is 0 Å². The molecule has 0 aliphatic carbocycles. The van der Waals surface area contributed by atoms with Crippen molar-refractivity contribution >= 4 is 0 Å². The molecule has 0 spiro atoms. The second kappa shape index (κ2) is 7.85. The van der Waals surface area contributed by atoms with Crippen LogP contribution in [0.1, 0.15) is 43.0 Å². The maximum atomic E-state index is 13.3. The summed E-state index contributed by atoms with van der Waals surface area (Å²) in [6.45, 7) is 4.74. The van der Waals surface area contributed by atoms with Crippen LogP contribution in [0.2, 0.25) is 0 Å². The second-order valence-electron chi connectivity index (χ2n) is 6.65. The van der Waals surface area contributed by atoms with E-state index in [4.69, 9.17) is 4.52 Å². The van der Waals surface area contributed by atoms with Gasteiger partial charge in [0.1, 0.15) is 5.82 Å². The Labute approximate surface area is 142 Å². The lowest BCUT2D eigenvalue weighted by Gasteiger charge is -2.30. The van der Waals surface area contributed by atoms with E-state index in [1.807, 2.05) is 13.1 Å². The molecule has 130 valence electrons. The summed E-state index contributed by atoms with van der Waals surface area (Å²) >= 11 is 0. The van der Waals surface area contributed by atoms with Gasteiger partial charge in [-0.3, -0.25) is 4.90 Å². The summed E-state index contributed by atoms with van der Waals surface area (Å²) < 4.78 is 18.8. The number of benzene rings is 1. The summed E-state index contributed by atoms with van der Waals surface area (Å²) in [5, 5.41) is 7.29. The van der Waals surface area contributed by atoms with Gasteiger partial charge in [-0.25, -0.2) is 4.39 Å². The van der Waals surface area contributed by atoms with Crippen LogP contribution in [0, 0.1) is 5.82 Å². The van der Waals surface area contributed by atoms with Gasteiger partial charge in [0.05, 0.1) is 5.92 Å². The van der Waals surface area contributed by atoms with Crippen molar-refractivity contribution < 1.29 is 8.91 Å². The molecule has 1 aliphatic rings. The lowest BCUT2D eigenvalue weighted by molar-refractivity contribution is 0.180. The third-order valence-corrected chi connectivity index (χ3v) is 4.62. The Morgan fingerprint density at radius 3 is 3.12 bits per heavy atom. The Morgan fingerprint density at radius 2 is 2.33 bits per heavy atom. The van der Waals surface area contributed by atoms with Gasteiger partial charge in [-0.15, -0.1) is 0 Å². The largest absolute Gasteiger partial charge is 0.339 e. The lowest BCUT2D eigenvalue weighted by Crippen LogP contribution is -2.34. The molecule has 0 bridgehead atoms. The first-order valence-electron chi connectivity index (χ1n) is 8.60. The Hall–Kier alpha value is -1.79. The number of hydrogen-bond donors (Lipinski definition) is 1. The first-order valence-corrected chi connectivity index (χ1v) is 8.60. The SMILES string of the molecule is CNC(C)Cc1noc(C2CCCN(Cc3cccc(F)c3)C2)n1. The highest BCUT2D eigenvalue weighted by Crippen LogP contribution is 2.26. The molecular formula is C18H25FN4O. The second-order valence-corrected chi connectivity index (χ2v) is 6.65. The summed E-state index contributed by atoms with van der Waals surface area (Å²) in [5.41, 5.74) is 1.00. The van der Waals surface area contributed by atoms with Gasteiger partial charge in [0.15, 0.2) is 5.82 Å². The number of halogens is 1. The van der Waals surface area contributed by atoms with Crippen molar-refractivity contribution in [3.63, 3.8) is 0 Å². The summed E-state index contributed by atoms with van der Waals surface area (Å²) in [6, 6.07) is 7.14. The van der Waals surface area contributed by atoms with Crippen molar-refractivity contribution in [1.29, 1.82) is 0 Å². The first kappa shape index (κ1) is 17.0. The molecule has 3 rings (SSSR count). The van der Waals surface area contributed by atoms with Gasteiger partial charge < -0.3 is 9.84 Å². The highest BCUT2D eigenvalue weighted by molar-refractivity contribution is 5.16. The van der Waals surface area contributed by atoms with Crippen molar-refractivity contribution in [3.8, 4) is 0 Å². The van der Waals surface area contributed by atoms with E-state index in [1.54, 1.807) is 12.1 Å². The zero-order chi connectivity index (χ0) is 16.9. The van der Waals surface area contributed by atoms with Crippen LogP contribution in [-0.2, 0) is 13.0 Å². The van der Waals surface area contributed by atoms with E-state index in [0.717, 1.165) is 56.2 Å². The number of nitrogens with zero attached hydrogens (tertiary/aromatic N) is 3. The highest BCUT2D eigenvalue weighted by atomic mass is 19.1. The summed E-state index contributed by atoms with van der Waals surface area (Å²) in [4.78, 5) is 6.91. The Balaban J connectivity index is 1.61. The van der Waals surface area contributed by atoms with Crippen molar-refractivity contribution in [3.05, 3.63) is 47.4 Å². The third kappa shape index (κ3) is 4.39. The monoisotopic (exact) mass is 332 g/mol. The maximum absolute atomic E-state index is 13.3. The number of aromatic nitrogens is 2. The maximum Gasteiger partial charge on any atom is 0.231 e. The molecule has 0 saturated carbocycles. The van der Waals surface area contributed by atoms with Crippen LogP contribution in [0.25, 0.3) is 0 Å². The van der Waals surface area contributed by atoms with Gasteiger partial charge in [0.25, 0.3) is 0 Å². The standard InChI is InChI=1S/C18H25FN4O/c1-13(20-2)9-17-21-18(24-22-17)15-6-4-8-23(12-15)11-14-5-3-7-16(19)10-14/h3,5,7,10,13,15,20H,4,6,8-9,11-12H2,1-2H3. The molecule has 5 nitrogen and oxygen atoms in total. The Morgan fingerprint density at radius 1 is 1.46 bits per heavy atom. The average Bonchev–Trinajstić information content (AvgIpc) is 3.03. The number of piperidine rings is 1. The first-order chi connectivity index (χ1) is 11.6. The van der Waals surface area contributed by atoms with Crippen LogP contribution < -0.4 is 5.32 Å². The lowest BCUT2D eigenvalue weighted by atomic mass is 9.97. The number of hydrogen-bond acceptors (Lipinski definition) is 5. The molecule has 6 heteroatoms. The highest BCUT2D eigenvalue weighted by Gasteiger charge is 2.26. The summed E-state index contributed by atoms with van der Waals surface area (Å²) in [7, 11) is 1.93. The van der Waals surface area contributed by atoms with Crippen LogP contribution in [0.5, 0.6) is 0 Å². The van der Waals surface area contributed by atoms with Crippen molar-refractivity contribution in [1.82, 2.24) is 20.4 Å². The van der Waals surface area contributed by atoms with Gasteiger partial charge in [-0.05, 0) is 51.1 Å². The molecule has 2 unspecified atom stereocenters. The van der Waals surface area contributed by atoms with Gasteiger partial charge in [0.2, 0.25) is 5.89 Å². The molecule has 1 aromatic carbocycles. The fourth-order valence-corrected chi connectivity index (χ4v) is 3.19. The van der Waals surface area contributed by atoms with E-state index in [0.29, 0.717) is 6.04 Å². The molecule has 1 fully saturated rings. The Bertz CT molecular complexity index is 660. The number of nitrogens with one attached hydrogen (secondary N) is 1. The minimum Gasteiger partial charge on any atom is -0.339 e. The van der Waals surface area contributed by atoms with E-state index in [1.165, 1.54) is 6.07 Å². The topological polar surface area (TPSA) is 54.2 Å². The van der Waals surface area contributed by atoms with E-state index in [9.17, 15) is 4.39 Å². The minimum absolute atomic E-state index is 0.179. The van der Waals surface area contributed by atoms with Crippen LogP contribution in [-0.4, -0.2) is 41.2 Å². The molecule has 0 amide bonds. The van der Waals surface area contributed by atoms with Crippen molar-refractivity contribution in [2.24, 2.45) is 0 Å². The summed E-state index contributed by atoms with van der Waals surface area (Å²) in [6.07, 6.45) is 2.91. The van der Waals surface area contributed by atoms with Crippen molar-refractivity contribution in [2.45, 2.75) is 44.7 Å². The van der Waals surface area contributed by atoms with Gasteiger partial charge in [-0.1, -0.05) is 17.3 Å². The Kier molecular flexibility index (Phi) is 5.58. The van der Waals surface area contributed by atoms with Gasteiger partial charge in [-0.2, -0.15) is 4.98 Å². The number of likely N-dealkylation sites (tertiary alicyclic amines) is 1. The van der Waals surface area contributed by atoms with Crippen LogP contribution in [0.15, 0.2) is 28.8 Å². The average molecular weight is 332 g/mol. The number of likely N-dealkylation sites (N-methyl/N-ethyl adjacent to an activating group) is 1. The molecule has 1 saturated heterocycles. The molecule has 2 aromatic rings. The molecule has 24 heavy (non-hydrogen) atoms. The number of rotatable bonds is 6. The molecule has 0 radical (unpaired) electrons. The van der Waals surface area contributed by atoms with Crippen LogP contribution in [0.3, 0.4) is 0 Å². The van der Waals surface area contributed by atoms with E-state index in [2.05, 4.69) is 27.3 Å². The molecule has 1 N–H and O–H groups in total. The predicted octanol–water partition coefficient (Wildman–Crippen LogP) is 2.74. The summed E-state index contributed by atoms with van der Waals surface area (Å²) in [5.74, 6) is 1.58. The van der Waals surface area contributed by atoms with Crippen molar-refractivity contribution in [2.75, 3.05) is 20.1 Å². The predicted molar refractivity (Wildman–Crippen MR) is 90.2 cm³/mol. The third-order valence-electron chi connectivity index (χ3n) is 4.62. The zero-order valence-corrected chi connectivity index (χ0v) is 14.3. The smallest absolute Gasteiger partial charge is 0.231 e. The molecule has 1 aromatic heterocycles. The van der Waals surface area contributed by atoms with E-state index < -0.39 is 0 Å². The fourth-order valence-electron chi connectivity index (χ4n) is 3.19. The molecular weight excluding hydrogens is 307 g/mol. The minimum atomic E-state index is -0.179. The normalized spacial score (nSPS) is 20.2. The zero-order valence-electron chi connectivity index (χ0n) is 14.3. The van der Waals surface area contributed by atoms with E-state index >= 15 is 0 Å². The van der Waals surface area contributed by atoms with Crippen LogP contribution >= 0.6 is 0 Å². The van der Waals surface area contributed by atoms with Crippen LogP contribution in [0.4, 0.5) is 4.39 Å². The quantitative estimate of drug-likeness (QED) is 0.881.